The van der Waals surface area contributed by atoms with Crippen molar-refractivity contribution in [1.29, 1.82) is 0 Å². The van der Waals surface area contributed by atoms with Crippen LogP contribution in [0.15, 0.2) is 77.6 Å². The van der Waals surface area contributed by atoms with Crippen LogP contribution in [0.3, 0.4) is 0 Å². The molecule has 0 aliphatic heterocycles. The number of carbonyl (C=O) groups excluding carboxylic acids is 1. The van der Waals surface area contributed by atoms with Crippen LogP contribution < -0.4 is 0 Å². The molecule has 5 rings (SSSR count). The Hall–Kier alpha value is -1.53. The average molecular weight is 597 g/mol. The van der Waals surface area contributed by atoms with Crippen molar-refractivity contribution >= 4 is 97.3 Å². The molecule has 3 aromatic carbocycles. The number of hydrogen-bond donors (Lipinski definition) is 0. The third-order valence-electron chi connectivity index (χ3n) is 5.08. The molecular weight excluding hydrogens is 577 g/mol. The number of carbonyl (C=O) groups is 1. The summed E-state index contributed by atoms with van der Waals surface area (Å²) in [5, 5.41) is 5.64. The summed E-state index contributed by atoms with van der Waals surface area (Å²) in [6.45, 7) is 0. The average Bonchev–Trinajstić information content (AvgIpc) is 3.37. The lowest BCUT2D eigenvalue weighted by molar-refractivity contribution is 0.0508. The fourth-order valence-electron chi connectivity index (χ4n) is 3.78. The summed E-state index contributed by atoms with van der Waals surface area (Å²) in [6, 6.07) is 21.6. The first kappa shape index (κ1) is 28.0. The van der Waals surface area contributed by atoms with Gasteiger partial charge in [0.1, 0.15) is 0 Å². The maximum absolute atomic E-state index is 10.5. The van der Waals surface area contributed by atoms with Crippen molar-refractivity contribution in [3.8, 4) is 0 Å². The van der Waals surface area contributed by atoms with Crippen molar-refractivity contribution in [3.63, 3.8) is 0 Å². The van der Waals surface area contributed by atoms with Crippen LogP contribution in [0.5, 0.6) is 0 Å². The van der Waals surface area contributed by atoms with Gasteiger partial charge in [-0.1, -0.05) is 48.5 Å². The standard InChI is InChI=1S/C18H16.C4H4O.C3Cl6O3/c1-3-7-15-13(5-1)9-11-18-16-8-4-2-6-14(16)10-12-17(15)18;1-2-4-5-3-1;4-2(5,6)11-1(10)12-3(7,8)9/h1,3,5,7,9-12H,2,4,6,8H2;1-4H;. The minimum Gasteiger partial charge on any atom is -0.473 e. The zero-order valence-electron chi connectivity index (χ0n) is 18.2. The van der Waals surface area contributed by atoms with Gasteiger partial charge in [0.05, 0.1) is 12.5 Å². The molecule has 4 aromatic rings. The molecule has 0 bridgehead atoms. The summed E-state index contributed by atoms with van der Waals surface area (Å²) in [4.78, 5) is 10.5. The molecule has 1 aliphatic carbocycles. The van der Waals surface area contributed by atoms with Crippen LogP contribution in [0.1, 0.15) is 24.0 Å². The van der Waals surface area contributed by atoms with E-state index in [0.29, 0.717) is 0 Å². The highest BCUT2D eigenvalue weighted by molar-refractivity contribution is 6.67. The van der Waals surface area contributed by atoms with Gasteiger partial charge in [0, 0.05) is 0 Å². The summed E-state index contributed by atoms with van der Waals surface area (Å²) in [7, 11) is 0. The van der Waals surface area contributed by atoms with Gasteiger partial charge in [0.15, 0.2) is 0 Å². The predicted octanol–water partition coefficient (Wildman–Crippen LogP) is 9.95. The number of benzene rings is 3. The normalized spacial score (nSPS) is 13.1. The highest BCUT2D eigenvalue weighted by Gasteiger charge is 2.32. The lowest BCUT2D eigenvalue weighted by atomic mass is 9.86. The van der Waals surface area contributed by atoms with Gasteiger partial charge in [-0.25, -0.2) is 4.79 Å². The molecule has 186 valence electrons. The summed E-state index contributed by atoms with van der Waals surface area (Å²) in [5.74, 6) is 0. The van der Waals surface area contributed by atoms with Crippen molar-refractivity contribution in [2.75, 3.05) is 0 Å². The van der Waals surface area contributed by atoms with E-state index in [4.69, 9.17) is 69.6 Å². The highest BCUT2D eigenvalue weighted by atomic mass is 35.6. The summed E-state index contributed by atoms with van der Waals surface area (Å²) < 4.78 is 8.09. The number of ether oxygens (including phenoxy) is 2. The van der Waals surface area contributed by atoms with E-state index >= 15 is 0 Å². The van der Waals surface area contributed by atoms with Crippen molar-refractivity contribution in [2.24, 2.45) is 0 Å². The second-order valence-corrected chi connectivity index (χ2v) is 11.8. The molecular formula is C25H20Cl6O4. The van der Waals surface area contributed by atoms with E-state index < -0.39 is 14.1 Å². The van der Waals surface area contributed by atoms with E-state index in [9.17, 15) is 4.79 Å². The fourth-order valence-corrected chi connectivity index (χ4v) is 4.16. The topological polar surface area (TPSA) is 48.7 Å². The fraction of sp³-hybridized carbons (Fsp3) is 0.240. The third-order valence-corrected chi connectivity index (χ3v) is 5.54. The molecule has 0 spiro atoms. The van der Waals surface area contributed by atoms with Crippen LogP contribution >= 0.6 is 69.6 Å². The van der Waals surface area contributed by atoms with Crippen LogP contribution in [0.4, 0.5) is 4.79 Å². The van der Waals surface area contributed by atoms with E-state index in [1.807, 2.05) is 12.1 Å². The molecule has 35 heavy (non-hydrogen) atoms. The molecule has 0 atom stereocenters. The zero-order chi connectivity index (χ0) is 25.5. The number of fused-ring (bicyclic) bond motifs is 5. The maximum atomic E-state index is 10.5. The predicted molar refractivity (Wildman–Crippen MR) is 145 cm³/mol. The molecule has 0 saturated carbocycles. The SMILES string of the molecule is O=C(OC(Cl)(Cl)Cl)OC(Cl)(Cl)Cl.c1ccc2c(c1)ccc1c3c(ccc12)CCCC3.c1ccoc1. The van der Waals surface area contributed by atoms with Crippen LogP contribution in [0, 0.1) is 0 Å². The number of furan rings is 1. The Balaban J connectivity index is 0.000000174. The van der Waals surface area contributed by atoms with Crippen molar-refractivity contribution < 1.29 is 18.7 Å². The van der Waals surface area contributed by atoms with Gasteiger partial charge in [-0.15, -0.1) is 0 Å². The first-order valence-corrected chi connectivity index (χ1v) is 12.7. The highest BCUT2D eigenvalue weighted by Crippen LogP contribution is 2.33. The van der Waals surface area contributed by atoms with Gasteiger partial charge in [-0.3, -0.25) is 0 Å². The van der Waals surface area contributed by atoms with Crippen molar-refractivity contribution in [2.45, 2.75) is 33.6 Å². The Kier molecular flexibility index (Phi) is 10.1. The van der Waals surface area contributed by atoms with Crippen LogP contribution in [0.25, 0.3) is 21.5 Å². The Morgan fingerprint density at radius 3 is 1.89 bits per heavy atom. The molecule has 1 heterocycles. The number of hydrogen-bond acceptors (Lipinski definition) is 4. The number of aryl methyl sites for hydroxylation is 2. The van der Waals surface area contributed by atoms with Gasteiger partial charge in [-0.05, 0) is 140 Å². The van der Waals surface area contributed by atoms with Crippen molar-refractivity contribution in [3.05, 3.63) is 84.3 Å². The molecule has 0 N–H and O–H groups in total. The quantitative estimate of drug-likeness (QED) is 0.115. The van der Waals surface area contributed by atoms with Gasteiger partial charge in [0.2, 0.25) is 0 Å². The Labute approximate surface area is 232 Å². The maximum Gasteiger partial charge on any atom is 0.515 e. The molecule has 1 aromatic heterocycles. The number of alkyl halides is 6. The van der Waals surface area contributed by atoms with Crippen molar-refractivity contribution in [1.82, 2.24) is 0 Å². The third kappa shape index (κ3) is 9.13. The van der Waals surface area contributed by atoms with Gasteiger partial charge in [0.25, 0.3) is 0 Å². The molecule has 10 heteroatoms. The molecule has 1 aliphatic rings. The minimum atomic E-state index is -2.24. The van der Waals surface area contributed by atoms with E-state index in [1.165, 1.54) is 47.2 Å². The second-order valence-electron chi connectivity index (χ2n) is 7.43. The first-order chi connectivity index (χ1) is 16.5. The van der Waals surface area contributed by atoms with E-state index in [2.05, 4.69) is 62.4 Å². The number of rotatable bonds is 0. The van der Waals surface area contributed by atoms with Crippen LogP contribution in [-0.2, 0) is 22.3 Å². The lowest BCUT2D eigenvalue weighted by Crippen LogP contribution is -2.22. The van der Waals surface area contributed by atoms with Crippen LogP contribution in [0.2, 0.25) is 0 Å². The first-order valence-electron chi connectivity index (χ1n) is 10.5. The Bertz CT molecular complexity index is 1210. The largest absolute Gasteiger partial charge is 0.515 e. The molecule has 0 amide bonds. The number of halogens is 6. The van der Waals surface area contributed by atoms with Crippen LogP contribution in [-0.4, -0.2) is 14.1 Å². The summed E-state index contributed by atoms with van der Waals surface area (Å²) in [5.41, 5.74) is 3.17. The Morgan fingerprint density at radius 1 is 0.686 bits per heavy atom. The van der Waals surface area contributed by atoms with Gasteiger partial charge >= 0.3 is 14.1 Å². The molecule has 0 fully saturated rings. The van der Waals surface area contributed by atoms with E-state index in [-0.39, 0.29) is 0 Å². The van der Waals surface area contributed by atoms with E-state index in [0.717, 1.165) is 0 Å². The summed E-state index contributed by atoms with van der Waals surface area (Å²) in [6.07, 6.45) is 7.06. The smallest absolute Gasteiger partial charge is 0.473 e. The lowest BCUT2D eigenvalue weighted by Gasteiger charge is -2.18. The zero-order valence-corrected chi connectivity index (χ0v) is 22.7. The summed E-state index contributed by atoms with van der Waals surface area (Å²) >= 11 is 30.2. The monoisotopic (exact) mass is 594 g/mol. The Morgan fingerprint density at radius 2 is 1.29 bits per heavy atom. The molecule has 0 radical (unpaired) electrons. The van der Waals surface area contributed by atoms with Gasteiger partial charge in [-0.2, -0.15) is 0 Å². The van der Waals surface area contributed by atoms with E-state index in [1.54, 1.807) is 23.7 Å². The molecule has 0 saturated heterocycles. The molecule has 0 unspecified atom stereocenters. The minimum absolute atomic E-state index is 1.25. The second kappa shape index (κ2) is 12.6. The molecule has 4 nitrogen and oxygen atoms in total. The van der Waals surface area contributed by atoms with Gasteiger partial charge < -0.3 is 13.9 Å².